The van der Waals surface area contributed by atoms with E-state index in [9.17, 15) is 0 Å². The third-order valence-corrected chi connectivity index (χ3v) is 2.59. The van der Waals surface area contributed by atoms with Gasteiger partial charge in [-0.1, -0.05) is 6.92 Å². The Morgan fingerprint density at radius 2 is 2.50 bits per heavy atom. The second-order valence-electron chi connectivity index (χ2n) is 3.74. The van der Waals surface area contributed by atoms with Crippen molar-refractivity contribution in [2.45, 2.75) is 19.9 Å². The SMILES string of the molecule is CC1CC1CNCc1ccoc1. The van der Waals surface area contributed by atoms with Crippen molar-refractivity contribution in [2.75, 3.05) is 6.54 Å². The van der Waals surface area contributed by atoms with Crippen LogP contribution in [0.3, 0.4) is 0 Å². The van der Waals surface area contributed by atoms with E-state index < -0.39 is 0 Å². The van der Waals surface area contributed by atoms with Crippen molar-refractivity contribution in [1.82, 2.24) is 5.32 Å². The maximum atomic E-state index is 4.97. The summed E-state index contributed by atoms with van der Waals surface area (Å²) in [5.41, 5.74) is 1.24. The van der Waals surface area contributed by atoms with Crippen LogP contribution in [0.2, 0.25) is 0 Å². The lowest BCUT2D eigenvalue weighted by molar-refractivity contribution is 0.557. The Labute approximate surface area is 73.0 Å². The summed E-state index contributed by atoms with van der Waals surface area (Å²) in [6.07, 6.45) is 4.92. The minimum atomic E-state index is 0.928. The first-order valence-corrected chi connectivity index (χ1v) is 4.58. The van der Waals surface area contributed by atoms with Crippen LogP contribution in [0.25, 0.3) is 0 Å². The van der Waals surface area contributed by atoms with Crippen LogP contribution in [0, 0.1) is 11.8 Å². The van der Waals surface area contributed by atoms with E-state index in [1.807, 2.05) is 6.07 Å². The Balaban J connectivity index is 1.63. The molecule has 0 aromatic carbocycles. The molecule has 0 radical (unpaired) electrons. The Kier molecular flexibility index (Phi) is 2.17. The molecule has 0 bridgehead atoms. The predicted molar refractivity (Wildman–Crippen MR) is 47.7 cm³/mol. The molecule has 1 aliphatic carbocycles. The topological polar surface area (TPSA) is 25.2 Å². The highest BCUT2D eigenvalue weighted by Crippen LogP contribution is 2.36. The molecule has 2 heteroatoms. The van der Waals surface area contributed by atoms with Crippen LogP contribution >= 0.6 is 0 Å². The van der Waals surface area contributed by atoms with Crippen molar-refractivity contribution in [3.8, 4) is 0 Å². The van der Waals surface area contributed by atoms with Gasteiger partial charge in [0.2, 0.25) is 0 Å². The predicted octanol–water partition coefficient (Wildman–Crippen LogP) is 2.03. The van der Waals surface area contributed by atoms with E-state index in [1.54, 1.807) is 12.5 Å². The Morgan fingerprint density at radius 3 is 3.08 bits per heavy atom. The zero-order chi connectivity index (χ0) is 8.39. The summed E-state index contributed by atoms with van der Waals surface area (Å²) < 4.78 is 4.97. The van der Waals surface area contributed by atoms with Crippen LogP contribution in [-0.4, -0.2) is 6.54 Å². The van der Waals surface area contributed by atoms with Gasteiger partial charge in [-0.05, 0) is 30.9 Å². The van der Waals surface area contributed by atoms with Gasteiger partial charge in [-0.3, -0.25) is 0 Å². The molecule has 1 aromatic rings. The average molecular weight is 165 g/mol. The van der Waals surface area contributed by atoms with Crippen molar-refractivity contribution in [3.05, 3.63) is 24.2 Å². The van der Waals surface area contributed by atoms with E-state index >= 15 is 0 Å². The van der Waals surface area contributed by atoms with Gasteiger partial charge in [-0.15, -0.1) is 0 Å². The first kappa shape index (κ1) is 7.87. The van der Waals surface area contributed by atoms with Gasteiger partial charge in [-0.2, -0.15) is 0 Å². The van der Waals surface area contributed by atoms with Crippen molar-refractivity contribution in [1.29, 1.82) is 0 Å². The van der Waals surface area contributed by atoms with Crippen LogP contribution in [-0.2, 0) is 6.54 Å². The Bertz CT molecular complexity index is 230. The third kappa shape index (κ3) is 1.89. The van der Waals surface area contributed by atoms with Crippen LogP contribution < -0.4 is 5.32 Å². The van der Waals surface area contributed by atoms with Crippen molar-refractivity contribution < 1.29 is 4.42 Å². The van der Waals surface area contributed by atoms with Gasteiger partial charge in [0.05, 0.1) is 12.5 Å². The van der Waals surface area contributed by atoms with Gasteiger partial charge < -0.3 is 9.73 Å². The number of hydrogen-bond acceptors (Lipinski definition) is 2. The molecule has 1 fully saturated rings. The van der Waals surface area contributed by atoms with Crippen molar-refractivity contribution in [2.24, 2.45) is 11.8 Å². The fourth-order valence-electron chi connectivity index (χ4n) is 1.48. The van der Waals surface area contributed by atoms with Crippen LogP contribution in [0.1, 0.15) is 18.9 Å². The molecule has 1 N–H and O–H groups in total. The summed E-state index contributed by atoms with van der Waals surface area (Å²) in [7, 11) is 0. The fraction of sp³-hybridized carbons (Fsp3) is 0.600. The molecule has 66 valence electrons. The van der Waals surface area contributed by atoms with E-state index in [-0.39, 0.29) is 0 Å². The largest absolute Gasteiger partial charge is 0.472 e. The zero-order valence-electron chi connectivity index (χ0n) is 7.42. The number of hydrogen-bond donors (Lipinski definition) is 1. The summed E-state index contributed by atoms with van der Waals surface area (Å²) in [6.45, 7) is 4.41. The second kappa shape index (κ2) is 3.31. The first-order chi connectivity index (χ1) is 5.86. The molecule has 0 aliphatic heterocycles. The second-order valence-corrected chi connectivity index (χ2v) is 3.74. The zero-order valence-corrected chi connectivity index (χ0v) is 7.42. The Morgan fingerprint density at radius 1 is 1.67 bits per heavy atom. The monoisotopic (exact) mass is 165 g/mol. The lowest BCUT2D eigenvalue weighted by Crippen LogP contribution is -2.16. The normalized spacial score (nSPS) is 27.4. The maximum absolute atomic E-state index is 4.97. The number of nitrogens with one attached hydrogen (secondary N) is 1. The number of furan rings is 1. The molecular formula is C10H15NO. The summed E-state index contributed by atoms with van der Waals surface area (Å²) in [5, 5.41) is 3.42. The van der Waals surface area contributed by atoms with Crippen LogP contribution in [0.5, 0.6) is 0 Å². The summed E-state index contributed by atoms with van der Waals surface area (Å²) in [6, 6.07) is 2.00. The molecule has 1 saturated carbocycles. The molecule has 2 unspecified atom stereocenters. The first-order valence-electron chi connectivity index (χ1n) is 4.58. The van der Waals surface area contributed by atoms with E-state index in [0.29, 0.717) is 0 Å². The average Bonchev–Trinajstić information content (AvgIpc) is 2.58. The van der Waals surface area contributed by atoms with Crippen molar-refractivity contribution in [3.63, 3.8) is 0 Å². The number of rotatable bonds is 4. The molecule has 12 heavy (non-hydrogen) atoms. The van der Waals surface area contributed by atoms with Gasteiger partial charge in [0.15, 0.2) is 0 Å². The molecule has 1 aromatic heterocycles. The lowest BCUT2D eigenvalue weighted by Gasteiger charge is -1.99. The van der Waals surface area contributed by atoms with E-state index in [2.05, 4.69) is 12.2 Å². The third-order valence-electron chi connectivity index (χ3n) is 2.59. The highest BCUT2D eigenvalue weighted by atomic mass is 16.3. The molecule has 0 spiro atoms. The molecule has 1 aliphatic rings. The van der Waals surface area contributed by atoms with Gasteiger partial charge in [0.1, 0.15) is 0 Å². The minimum Gasteiger partial charge on any atom is -0.472 e. The highest BCUT2D eigenvalue weighted by Gasteiger charge is 2.31. The smallest absolute Gasteiger partial charge is 0.0947 e. The molecule has 1 heterocycles. The molecule has 2 rings (SSSR count). The molecule has 2 nitrogen and oxygen atoms in total. The summed E-state index contributed by atoms with van der Waals surface area (Å²) in [4.78, 5) is 0. The maximum Gasteiger partial charge on any atom is 0.0947 e. The summed E-state index contributed by atoms with van der Waals surface area (Å²) >= 11 is 0. The van der Waals surface area contributed by atoms with Gasteiger partial charge in [0.25, 0.3) is 0 Å². The van der Waals surface area contributed by atoms with E-state index in [4.69, 9.17) is 4.42 Å². The Hall–Kier alpha value is -0.760. The van der Waals surface area contributed by atoms with Gasteiger partial charge in [-0.25, -0.2) is 0 Å². The minimum absolute atomic E-state index is 0.928. The molecule has 0 amide bonds. The summed E-state index contributed by atoms with van der Waals surface area (Å²) in [5.74, 6) is 1.87. The highest BCUT2D eigenvalue weighted by molar-refractivity contribution is 5.04. The molecule has 2 atom stereocenters. The lowest BCUT2D eigenvalue weighted by atomic mass is 10.3. The van der Waals surface area contributed by atoms with Crippen molar-refractivity contribution >= 4 is 0 Å². The van der Waals surface area contributed by atoms with Crippen LogP contribution in [0.4, 0.5) is 0 Å². The quantitative estimate of drug-likeness (QED) is 0.738. The van der Waals surface area contributed by atoms with Crippen LogP contribution in [0.15, 0.2) is 23.0 Å². The van der Waals surface area contributed by atoms with E-state index in [0.717, 1.165) is 24.9 Å². The van der Waals surface area contributed by atoms with Gasteiger partial charge >= 0.3 is 0 Å². The molecular weight excluding hydrogens is 150 g/mol. The fourth-order valence-corrected chi connectivity index (χ4v) is 1.48. The van der Waals surface area contributed by atoms with Gasteiger partial charge in [0, 0.05) is 12.1 Å². The standard InChI is InChI=1S/C10H15NO/c1-8-4-10(8)6-11-5-9-2-3-12-7-9/h2-3,7-8,10-11H,4-6H2,1H3. The van der Waals surface area contributed by atoms with E-state index in [1.165, 1.54) is 12.0 Å². The molecule has 0 saturated heterocycles.